The van der Waals surface area contributed by atoms with Crippen LogP contribution in [0.4, 0.5) is 0 Å². The van der Waals surface area contributed by atoms with Crippen LogP contribution in [0.1, 0.15) is 17.4 Å². The minimum absolute atomic E-state index is 0.0314. The van der Waals surface area contributed by atoms with Crippen LogP contribution in [0.3, 0.4) is 0 Å². The van der Waals surface area contributed by atoms with Crippen LogP contribution in [-0.4, -0.2) is 52.8 Å². The highest BCUT2D eigenvalue weighted by Crippen LogP contribution is 2.32. The molecular formula is C12H13Cl3N2O3. The molecule has 1 N–H and O–H groups in total. The molecule has 110 valence electrons. The van der Waals surface area contributed by atoms with Gasteiger partial charge in [0.05, 0.1) is 33.9 Å². The monoisotopic (exact) mass is 338 g/mol. The second-order valence-corrected chi connectivity index (χ2v) is 5.71. The Labute approximate surface area is 131 Å². The summed E-state index contributed by atoms with van der Waals surface area (Å²) in [4.78, 5) is 17.9. The van der Waals surface area contributed by atoms with Crippen LogP contribution in [0.5, 0.6) is 0 Å². The predicted octanol–water partition coefficient (Wildman–Crippen LogP) is 2.26. The summed E-state index contributed by atoms with van der Waals surface area (Å²) in [7, 11) is 0. The molecule has 0 bridgehead atoms. The molecule has 0 radical (unpaired) electrons. The maximum Gasteiger partial charge on any atom is 0.274 e. The smallest absolute Gasteiger partial charge is 0.274 e. The molecule has 2 rings (SSSR count). The molecule has 0 aromatic carbocycles. The lowest BCUT2D eigenvalue weighted by Crippen LogP contribution is -2.50. The molecule has 1 saturated heterocycles. The lowest BCUT2D eigenvalue weighted by molar-refractivity contribution is -0.0859. The summed E-state index contributed by atoms with van der Waals surface area (Å²) in [6.45, 7) is 2.34. The van der Waals surface area contributed by atoms with Gasteiger partial charge in [-0.2, -0.15) is 0 Å². The summed E-state index contributed by atoms with van der Waals surface area (Å²) in [6.07, 6.45) is 0.701. The molecule has 0 aliphatic carbocycles. The number of halogens is 3. The van der Waals surface area contributed by atoms with Gasteiger partial charge in [-0.1, -0.05) is 34.8 Å². The number of pyridine rings is 1. The number of aliphatic hydroxyl groups is 1. The van der Waals surface area contributed by atoms with Crippen molar-refractivity contribution in [2.24, 2.45) is 0 Å². The Morgan fingerprint density at radius 1 is 1.45 bits per heavy atom. The van der Waals surface area contributed by atoms with Gasteiger partial charge in [0.15, 0.2) is 0 Å². The standard InChI is InChI=1S/C12H13Cl3N2O3/c1-6-3-17(4-7(5-18)20-6)12(19)11-10(15)9(14)8(13)2-16-11/h2,6-7,18H,3-5H2,1H3. The fourth-order valence-electron chi connectivity index (χ4n) is 2.05. The molecule has 2 heterocycles. The maximum absolute atomic E-state index is 12.4. The molecule has 1 aliphatic heterocycles. The van der Waals surface area contributed by atoms with Gasteiger partial charge in [0.2, 0.25) is 0 Å². The number of aromatic nitrogens is 1. The molecule has 0 saturated carbocycles. The Hall–Kier alpha value is -0.590. The number of carbonyl (C=O) groups excluding carboxylic acids is 1. The zero-order valence-electron chi connectivity index (χ0n) is 10.6. The van der Waals surface area contributed by atoms with E-state index < -0.39 is 6.10 Å². The van der Waals surface area contributed by atoms with E-state index in [0.717, 1.165) is 0 Å². The van der Waals surface area contributed by atoms with Crippen molar-refractivity contribution in [3.8, 4) is 0 Å². The number of hydrogen-bond acceptors (Lipinski definition) is 4. The number of hydrogen-bond donors (Lipinski definition) is 1. The summed E-state index contributed by atoms with van der Waals surface area (Å²) in [5, 5.41) is 9.50. The molecule has 8 heteroatoms. The molecule has 1 fully saturated rings. The Bertz CT molecular complexity index is 527. The first-order chi connectivity index (χ1) is 9.43. The molecule has 20 heavy (non-hydrogen) atoms. The van der Waals surface area contributed by atoms with Crippen LogP contribution in [-0.2, 0) is 4.74 Å². The lowest BCUT2D eigenvalue weighted by atomic mass is 10.2. The summed E-state index contributed by atoms with van der Waals surface area (Å²) in [5.41, 5.74) is 0.0480. The van der Waals surface area contributed by atoms with Crippen molar-refractivity contribution in [1.82, 2.24) is 9.88 Å². The average molecular weight is 340 g/mol. The van der Waals surface area contributed by atoms with Crippen LogP contribution in [0.15, 0.2) is 6.20 Å². The molecule has 1 aromatic heterocycles. The van der Waals surface area contributed by atoms with Crippen LogP contribution < -0.4 is 0 Å². The molecule has 2 atom stereocenters. The van der Waals surface area contributed by atoms with Gasteiger partial charge < -0.3 is 14.7 Å². The second-order valence-electron chi connectivity index (χ2n) is 4.54. The summed E-state index contributed by atoms with van der Waals surface area (Å²) < 4.78 is 5.48. The van der Waals surface area contributed by atoms with Gasteiger partial charge in [0.25, 0.3) is 5.91 Å². The number of morpholine rings is 1. The van der Waals surface area contributed by atoms with Crippen molar-refractivity contribution in [2.75, 3.05) is 19.7 Å². The third kappa shape index (κ3) is 3.18. The molecule has 2 unspecified atom stereocenters. The zero-order chi connectivity index (χ0) is 14.9. The Kier molecular flexibility index (Phi) is 5.09. The van der Waals surface area contributed by atoms with Gasteiger partial charge in [-0.3, -0.25) is 4.79 Å². The van der Waals surface area contributed by atoms with E-state index in [4.69, 9.17) is 39.5 Å². The number of aliphatic hydroxyl groups excluding tert-OH is 1. The molecular weight excluding hydrogens is 327 g/mol. The second kappa shape index (κ2) is 6.45. The van der Waals surface area contributed by atoms with Gasteiger partial charge >= 0.3 is 0 Å². The van der Waals surface area contributed by atoms with Gasteiger partial charge in [-0.25, -0.2) is 4.98 Å². The largest absolute Gasteiger partial charge is 0.394 e. The number of nitrogens with zero attached hydrogens (tertiary/aromatic N) is 2. The van der Waals surface area contributed by atoms with Crippen molar-refractivity contribution >= 4 is 40.7 Å². The number of rotatable bonds is 2. The molecule has 1 aliphatic rings. The average Bonchev–Trinajstić information content (AvgIpc) is 2.43. The zero-order valence-corrected chi connectivity index (χ0v) is 12.9. The van der Waals surface area contributed by atoms with E-state index in [1.807, 2.05) is 6.92 Å². The van der Waals surface area contributed by atoms with Crippen molar-refractivity contribution in [1.29, 1.82) is 0 Å². The molecule has 1 amide bonds. The lowest BCUT2D eigenvalue weighted by Gasteiger charge is -2.36. The van der Waals surface area contributed by atoms with E-state index in [2.05, 4.69) is 4.98 Å². The SMILES string of the molecule is CC1CN(C(=O)c2ncc(Cl)c(Cl)c2Cl)CC(CO)O1. The van der Waals surface area contributed by atoms with Crippen molar-refractivity contribution in [3.63, 3.8) is 0 Å². The van der Waals surface area contributed by atoms with Crippen molar-refractivity contribution in [3.05, 3.63) is 27.0 Å². The van der Waals surface area contributed by atoms with E-state index in [9.17, 15) is 9.90 Å². The van der Waals surface area contributed by atoms with Crippen LogP contribution in [0, 0.1) is 0 Å². The first kappa shape index (κ1) is 15.8. The van der Waals surface area contributed by atoms with Gasteiger partial charge in [0, 0.05) is 19.3 Å². The quantitative estimate of drug-likeness (QED) is 0.898. The highest BCUT2D eigenvalue weighted by atomic mass is 35.5. The van der Waals surface area contributed by atoms with E-state index in [1.54, 1.807) is 0 Å². The van der Waals surface area contributed by atoms with Gasteiger partial charge in [0.1, 0.15) is 5.69 Å². The number of ether oxygens (including phenoxy) is 1. The predicted molar refractivity (Wildman–Crippen MR) is 76.6 cm³/mol. The fourth-order valence-corrected chi connectivity index (χ4v) is 2.62. The first-order valence-corrected chi connectivity index (χ1v) is 7.12. The number of carbonyl (C=O) groups is 1. The van der Waals surface area contributed by atoms with Crippen LogP contribution in [0.2, 0.25) is 15.1 Å². The Morgan fingerprint density at radius 3 is 2.80 bits per heavy atom. The molecule has 5 nitrogen and oxygen atoms in total. The minimum Gasteiger partial charge on any atom is -0.394 e. The van der Waals surface area contributed by atoms with E-state index >= 15 is 0 Å². The van der Waals surface area contributed by atoms with E-state index in [0.29, 0.717) is 6.54 Å². The third-order valence-corrected chi connectivity index (χ3v) is 4.18. The summed E-state index contributed by atoms with van der Waals surface area (Å²) in [6, 6.07) is 0. The molecule has 0 spiro atoms. The topological polar surface area (TPSA) is 62.7 Å². The van der Waals surface area contributed by atoms with E-state index in [-0.39, 0.29) is 45.9 Å². The van der Waals surface area contributed by atoms with Gasteiger partial charge in [-0.15, -0.1) is 0 Å². The van der Waals surface area contributed by atoms with Gasteiger partial charge in [-0.05, 0) is 6.92 Å². The Morgan fingerprint density at radius 2 is 2.15 bits per heavy atom. The maximum atomic E-state index is 12.4. The Balaban J connectivity index is 2.25. The highest BCUT2D eigenvalue weighted by Gasteiger charge is 2.30. The van der Waals surface area contributed by atoms with Crippen LogP contribution >= 0.6 is 34.8 Å². The third-order valence-electron chi connectivity index (χ3n) is 2.94. The fraction of sp³-hybridized carbons (Fsp3) is 0.500. The normalized spacial score (nSPS) is 22.9. The van der Waals surface area contributed by atoms with Crippen LogP contribution in [0.25, 0.3) is 0 Å². The number of amides is 1. The van der Waals surface area contributed by atoms with E-state index in [1.165, 1.54) is 11.1 Å². The minimum atomic E-state index is -0.413. The highest BCUT2D eigenvalue weighted by molar-refractivity contribution is 6.48. The van der Waals surface area contributed by atoms with Crippen molar-refractivity contribution in [2.45, 2.75) is 19.1 Å². The first-order valence-electron chi connectivity index (χ1n) is 5.99. The van der Waals surface area contributed by atoms with Crippen molar-refractivity contribution < 1.29 is 14.6 Å². The summed E-state index contributed by atoms with van der Waals surface area (Å²) in [5.74, 6) is -0.359. The molecule has 1 aromatic rings. The summed E-state index contributed by atoms with van der Waals surface area (Å²) >= 11 is 17.7.